The van der Waals surface area contributed by atoms with Crippen molar-refractivity contribution in [3.63, 3.8) is 0 Å². The zero-order valence-electron chi connectivity index (χ0n) is 9.62. The van der Waals surface area contributed by atoms with Crippen LogP contribution < -0.4 is 5.73 Å². The Morgan fingerprint density at radius 2 is 2.27 bits per heavy atom. The summed E-state index contributed by atoms with van der Waals surface area (Å²) in [4.78, 5) is 0. The second-order valence-corrected chi connectivity index (χ2v) is 4.88. The molecule has 2 N–H and O–H groups in total. The summed E-state index contributed by atoms with van der Waals surface area (Å²) < 4.78 is 10.7. The summed E-state index contributed by atoms with van der Waals surface area (Å²) in [5.74, 6) is 2.07. The van der Waals surface area contributed by atoms with Crippen LogP contribution in [0.4, 0.5) is 0 Å². The van der Waals surface area contributed by atoms with Gasteiger partial charge in [0.05, 0.1) is 12.9 Å². The van der Waals surface area contributed by atoms with Crippen LogP contribution in [0.3, 0.4) is 0 Å². The molecule has 3 heteroatoms. The van der Waals surface area contributed by atoms with Crippen LogP contribution in [0, 0.1) is 11.3 Å². The summed E-state index contributed by atoms with van der Waals surface area (Å²) in [6.07, 6.45) is 1.74. The van der Waals surface area contributed by atoms with E-state index in [1.807, 2.05) is 6.07 Å². The smallest absolute Gasteiger partial charge is 0.113 e. The Bertz CT molecular complexity index is 343. The molecule has 1 aromatic heterocycles. The van der Waals surface area contributed by atoms with Crippen molar-refractivity contribution in [3.05, 3.63) is 23.7 Å². The van der Waals surface area contributed by atoms with Crippen LogP contribution in [0.15, 0.2) is 16.7 Å². The summed E-state index contributed by atoms with van der Waals surface area (Å²) in [5.41, 5.74) is 7.19. The van der Waals surface area contributed by atoms with Crippen molar-refractivity contribution in [2.75, 3.05) is 13.7 Å². The first-order chi connectivity index (χ1) is 7.12. The highest BCUT2D eigenvalue weighted by Crippen LogP contribution is 2.64. The fraction of sp³-hybridized carbons (Fsp3) is 0.667. The van der Waals surface area contributed by atoms with E-state index in [4.69, 9.17) is 14.9 Å². The van der Waals surface area contributed by atoms with E-state index in [-0.39, 0.29) is 5.41 Å². The molecule has 3 nitrogen and oxygen atoms in total. The fourth-order valence-corrected chi connectivity index (χ4v) is 2.60. The molecule has 0 aromatic carbocycles. The van der Waals surface area contributed by atoms with Crippen LogP contribution in [0.2, 0.25) is 0 Å². The zero-order valence-corrected chi connectivity index (χ0v) is 9.62. The second-order valence-electron chi connectivity index (χ2n) is 4.88. The summed E-state index contributed by atoms with van der Waals surface area (Å²) in [6, 6.07) is 1.99. The number of hydrogen-bond donors (Lipinski definition) is 1. The van der Waals surface area contributed by atoms with Crippen LogP contribution in [-0.2, 0) is 11.3 Å². The molecule has 0 bridgehead atoms. The maximum absolute atomic E-state index is 5.76. The molecule has 0 unspecified atom stereocenters. The molecule has 2 atom stereocenters. The Balaban J connectivity index is 2.21. The van der Waals surface area contributed by atoms with Gasteiger partial charge in [-0.05, 0) is 23.9 Å². The van der Waals surface area contributed by atoms with Gasteiger partial charge < -0.3 is 14.9 Å². The largest absolute Gasteiger partial charge is 0.469 e. The van der Waals surface area contributed by atoms with Gasteiger partial charge in [0.25, 0.3) is 0 Å². The molecule has 1 aliphatic rings. The molecule has 0 aliphatic heterocycles. The lowest BCUT2D eigenvalue weighted by Crippen LogP contribution is -2.05. The van der Waals surface area contributed by atoms with Gasteiger partial charge >= 0.3 is 0 Å². The maximum Gasteiger partial charge on any atom is 0.113 e. The van der Waals surface area contributed by atoms with Gasteiger partial charge in [0.2, 0.25) is 0 Å². The number of rotatable bonds is 4. The van der Waals surface area contributed by atoms with Crippen molar-refractivity contribution < 1.29 is 9.15 Å². The molecule has 1 saturated carbocycles. The van der Waals surface area contributed by atoms with Crippen molar-refractivity contribution in [3.8, 4) is 0 Å². The Morgan fingerprint density at radius 1 is 1.53 bits per heavy atom. The summed E-state index contributed by atoms with van der Waals surface area (Å²) in [5, 5.41) is 0. The Morgan fingerprint density at radius 3 is 2.80 bits per heavy atom. The van der Waals surface area contributed by atoms with E-state index < -0.39 is 0 Å². The quantitative estimate of drug-likeness (QED) is 0.826. The Kier molecular flexibility index (Phi) is 2.61. The molecule has 2 rings (SSSR count). The topological polar surface area (TPSA) is 48.4 Å². The van der Waals surface area contributed by atoms with Gasteiger partial charge in [-0.2, -0.15) is 0 Å². The molecule has 1 aromatic rings. The van der Waals surface area contributed by atoms with Crippen molar-refractivity contribution in [1.82, 2.24) is 0 Å². The maximum atomic E-state index is 5.76. The monoisotopic (exact) mass is 209 g/mol. The number of furan rings is 1. The lowest BCUT2D eigenvalue weighted by atomic mass is 10.1. The molecule has 0 radical (unpaired) electrons. The van der Waals surface area contributed by atoms with E-state index in [0.29, 0.717) is 18.4 Å². The molecule has 0 amide bonds. The van der Waals surface area contributed by atoms with E-state index >= 15 is 0 Å². The second kappa shape index (κ2) is 3.65. The molecule has 1 heterocycles. The molecule has 0 spiro atoms. The average Bonchev–Trinajstić information content (AvgIpc) is 2.57. The lowest BCUT2D eigenvalue weighted by Gasteiger charge is -2.02. The molecular formula is C12H19NO2. The standard InChI is InChI=1S/C12H19NO2/c1-12(2)9(6-13)10(12)11-8(7-14-3)4-5-15-11/h4-5,9-10H,6-7,13H2,1-3H3/t9-,10+/m1/s1. The van der Waals surface area contributed by atoms with Gasteiger partial charge in [-0.25, -0.2) is 0 Å². The molecule has 84 valence electrons. The third kappa shape index (κ3) is 1.60. The normalized spacial score (nSPS) is 28.0. The van der Waals surface area contributed by atoms with Crippen molar-refractivity contribution in [2.24, 2.45) is 17.1 Å². The fourth-order valence-electron chi connectivity index (χ4n) is 2.60. The lowest BCUT2D eigenvalue weighted by molar-refractivity contribution is 0.182. The third-order valence-corrected chi connectivity index (χ3v) is 3.67. The highest BCUT2D eigenvalue weighted by atomic mass is 16.5. The first kappa shape index (κ1) is 10.7. The highest BCUT2D eigenvalue weighted by molar-refractivity contribution is 5.31. The van der Waals surface area contributed by atoms with E-state index in [0.717, 1.165) is 17.9 Å². The van der Waals surface area contributed by atoms with E-state index in [1.165, 1.54) is 0 Å². The van der Waals surface area contributed by atoms with Crippen LogP contribution in [0.25, 0.3) is 0 Å². The third-order valence-electron chi connectivity index (χ3n) is 3.67. The van der Waals surface area contributed by atoms with Crippen molar-refractivity contribution in [2.45, 2.75) is 26.4 Å². The predicted octanol–water partition coefficient (Wildman–Crippen LogP) is 2.12. The van der Waals surface area contributed by atoms with Gasteiger partial charge in [-0.1, -0.05) is 13.8 Å². The van der Waals surface area contributed by atoms with Crippen LogP contribution in [0.1, 0.15) is 31.1 Å². The number of nitrogens with two attached hydrogens (primary N) is 1. The van der Waals surface area contributed by atoms with E-state index in [2.05, 4.69) is 13.8 Å². The molecule has 0 saturated heterocycles. The summed E-state index contributed by atoms with van der Waals surface area (Å²) in [7, 11) is 1.70. The van der Waals surface area contributed by atoms with Crippen LogP contribution in [0.5, 0.6) is 0 Å². The van der Waals surface area contributed by atoms with Gasteiger partial charge in [0.1, 0.15) is 5.76 Å². The first-order valence-corrected chi connectivity index (χ1v) is 5.38. The molecular weight excluding hydrogens is 190 g/mol. The number of ether oxygens (including phenoxy) is 1. The molecule has 15 heavy (non-hydrogen) atoms. The zero-order chi connectivity index (χ0) is 11.1. The van der Waals surface area contributed by atoms with Gasteiger partial charge in [-0.3, -0.25) is 0 Å². The van der Waals surface area contributed by atoms with Crippen molar-refractivity contribution in [1.29, 1.82) is 0 Å². The Hall–Kier alpha value is -0.800. The summed E-state index contributed by atoms with van der Waals surface area (Å²) in [6.45, 7) is 5.84. The SMILES string of the molecule is COCc1ccoc1[C@@H]1[C@@H](CN)C1(C)C. The van der Waals surface area contributed by atoms with E-state index in [1.54, 1.807) is 13.4 Å². The van der Waals surface area contributed by atoms with Gasteiger partial charge in [0, 0.05) is 18.6 Å². The summed E-state index contributed by atoms with van der Waals surface area (Å²) >= 11 is 0. The average molecular weight is 209 g/mol. The number of methoxy groups -OCH3 is 1. The highest BCUT2D eigenvalue weighted by Gasteiger charge is 2.59. The van der Waals surface area contributed by atoms with Crippen LogP contribution >= 0.6 is 0 Å². The first-order valence-electron chi connectivity index (χ1n) is 5.38. The Labute approximate surface area is 90.6 Å². The predicted molar refractivity (Wildman–Crippen MR) is 58.5 cm³/mol. The molecule has 1 aliphatic carbocycles. The minimum atomic E-state index is 0.273. The van der Waals surface area contributed by atoms with Crippen LogP contribution in [-0.4, -0.2) is 13.7 Å². The van der Waals surface area contributed by atoms with Crippen molar-refractivity contribution >= 4 is 0 Å². The minimum Gasteiger partial charge on any atom is -0.469 e. The number of hydrogen-bond acceptors (Lipinski definition) is 3. The molecule has 1 fully saturated rings. The van der Waals surface area contributed by atoms with Gasteiger partial charge in [-0.15, -0.1) is 0 Å². The van der Waals surface area contributed by atoms with E-state index in [9.17, 15) is 0 Å². The minimum absolute atomic E-state index is 0.273. The van der Waals surface area contributed by atoms with Gasteiger partial charge in [0.15, 0.2) is 0 Å².